The van der Waals surface area contributed by atoms with E-state index in [0.29, 0.717) is 17.2 Å². The number of methoxy groups -OCH3 is 1. The number of carbonyl (C=O) groups is 2. The monoisotopic (exact) mass is 361 g/mol. The Bertz CT molecular complexity index is 599. The molecule has 0 spiro atoms. The Hall–Kier alpha value is -2.08. The van der Waals surface area contributed by atoms with Crippen LogP contribution in [0.3, 0.4) is 0 Å². The van der Waals surface area contributed by atoms with Crippen LogP contribution in [0.15, 0.2) is 24.3 Å². The van der Waals surface area contributed by atoms with Crippen LogP contribution in [-0.4, -0.2) is 56.5 Å². The lowest BCUT2D eigenvalue weighted by Crippen LogP contribution is -2.54. The minimum Gasteiger partial charge on any atom is -0.497 e. The average Bonchev–Trinajstić information content (AvgIpc) is 2.65. The minimum atomic E-state index is -0.516. The van der Waals surface area contributed by atoms with Gasteiger partial charge in [0.1, 0.15) is 11.8 Å². The summed E-state index contributed by atoms with van der Waals surface area (Å²) in [6, 6.07) is 6.39. The molecule has 6 heteroatoms. The molecule has 2 unspecified atom stereocenters. The number of piperidine rings is 1. The summed E-state index contributed by atoms with van der Waals surface area (Å²) in [6.45, 7) is 6.36. The molecule has 2 N–H and O–H groups in total. The summed E-state index contributed by atoms with van der Waals surface area (Å²) >= 11 is 0. The van der Waals surface area contributed by atoms with E-state index in [9.17, 15) is 9.59 Å². The Morgan fingerprint density at radius 2 is 1.96 bits per heavy atom. The van der Waals surface area contributed by atoms with E-state index in [2.05, 4.69) is 10.6 Å². The van der Waals surface area contributed by atoms with Crippen molar-refractivity contribution >= 4 is 11.8 Å². The maximum atomic E-state index is 13.0. The molecule has 6 nitrogen and oxygen atoms in total. The number of amides is 2. The maximum Gasteiger partial charge on any atom is 0.251 e. The molecule has 1 aromatic carbocycles. The van der Waals surface area contributed by atoms with Gasteiger partial charge in [0.05, 0.1) is 7.11 Å². The number of carbonyl (C=O) groups excluding carboxylic acids is 2. The van der Waals surface area contributed by atoms with Gasteiger partial charge in [0, 0.05) is 18.7 Å². The number of hydrogen-bond donors (Lipinski definition) is 2. The summed E-state index contributed by atoms with van der Waals surface area (Å²) in [6.07, 6.45) is 2.14. The molecule has 0 bridgehead atoms. The molecule has 1 aliphatic heterocycles. The Kier molecular flexibility index (Phi) is 7.45. The number of nitrogens with one attached hydrogen (secondary N) is 2. The van der Waals surface area contributed by atoms with Crippen molar-refractivity contribution in [2.24, 2.45) is 11.8 Å². The summed E-state index contributed by atoms with van der Waals surface area (Å²) in [5, 5.41) is 6.12. The third kappa shape index (κ3) is 5.21. The topological polar surface area (TPSA) is 70.7 Å². The highest BCUT2D eigenvalue weighted by Gasteiger charge is 2.31. The van der Waals surface area contributed by atoms with Crippen molar-refractivity contribution in [3.8, 4) is 5.75 Å². The quantitative estimate of drug-likeness (QED) is 0.778. The van der Waals surface area contributed by atoms with Crippen LogP contribution >= 0.6 is 0 Å². The van der Waals surface area contributed by atoms with E-state index in [4.69, 9.17) is 4.74 Å². The highest BCUT2D eigenvalue weighted by atomic mass is 16.5. The standard InChI is InChI=1S/C20H31N3O3/c1-14(2)18(20(25)23-11-5-6-15(13-23)12-21-3)22-19(24)16-7-9-17(26-4)10-8-16/h7-10,14-15,18,21H,5-6,11-13H2,1-4H3,(H,22,24). The van der Waals surface area contributed by atoms with Crippen LogP contribution < -0.4 is 15.4 Å². The Labute approximate surface area is 156 Å². The average molecular weight is 361 g/mol. The predicted octanol–water partition coefficient (Wildman–Crippen LogP) is 1.91. The largest absolute Gasteiger partial charge is 0.497 e. The van der Waals surface area contributed by atoms with Gasteiger partial charge < -0.3 is 20.3 Å². The molecule has 0 saturated carbocycles. The Balaban J connectivity index is 2.04. The first-order valence-corrected chi connectivity index (χ1v) is 9.34. The first-order valence-electron chi connectivity index (χ1n) is 9.34. The molecule has 1 fully saturated rings. The van der Waals surface area contributed by atoms with Crippen molar-refractivity contribution in [3.05, 3.63) is 29.8 Å². The molecule has 144 valence electrons. The molecule has 26 heavy (non-hydrogen) atoms. The third-order valence-corrected chi connectivity index (χ3v) is 4.89. The summed E-state index contributed by atoms with van der Waals surface area (Å²) in [5.74, 6) is 0.977. The number of benzene rings is 1. The van der Waals surface area contributed by atoms with Crippen molar-refractivity contribution < 1.29 is 14.3 Å². The van der Waals surface area contributed by atoms with Gasteiger partial charge >= 0.3 is 0 Å². The second kappa shape index (κ2) is 9.57. The zero-order valence-corrected chi connectivity index (χ0v) is 16.2. The van der Waals surface area contributed by atoms with Crippen molar-refractivity contribution in [3.63, 3.8) is 0 Å². The second-order valence-electron chi connectivity index (χ2n) is 7.27. The van der Waals surface area contributed by atoms with Crippen LogP contribution in [0.25, 0.3) is 0 Å². The fraction of sp³-hybridized carbons (Fsp3) is 0.600. The van der Waals surface area contributed by atoms with Gasteiger partial charge in [-0.15, -0.1) is 0 Å². The normalized spacial score (nSPS) is 18.5. The molecule has 1 aromatic rings. The van der Waals surface area contributed by atoms with Gasteiger partial charge in [-0.2, -0.15) is 0 Å². The Morgan fingerprint density at radius 3 is 2.54 bits per heavy atom. The maximum absolute atomic E-state index is 13.0. The van der Waals surface area contributed by atoms with Crippen LogP contribution in [0.2, 0.25) is 0 Å². The van der Waals surface area contributed by atoms with E-state index < -0.39 is 6.04 Å². The van der Waals surface area contributed by atoms with E-state index >= 15 is 0 Å². The van der Waals surface area contributed by atoms with Crippen LogP contribution in [0.5, 0.6) is 5.75 Å². The molecule has 0 radical (unpaired) electrons. The number of hydrogen-bond acceptors (Lipinski definition) is 4. The summed E-state index contributed by atoms with van der Waals surface area (Å²) in [4.78, 5) is 27.5. The molecular formula is C20H31N3O3. The fourth-order valence-electron chi connectivity index (χ4n) is 3.40. The zero-order valence-electron chi connectivity index (χ0n) is 16.2. The van der Waals surface area contributed by atoms with Gasteiger partial charge in [-0.1, -0.05) is 13.8 Å². The van der Waals surface area contributed by atoms with Crippen LogP contribution in [0, 0.1) is 11.8 Å². The minimum absolute atomic E-state index is 0.0164. The van der Waals surface area contributed by atoms with E-state index in [1.807, 2.05) is 25.8 Å². The lowest BCUT2D eigenvalue weighted by molar-refractivity contribution is -0.136. The molecule has 0 aliphatic carbocycles. The van der Waals surface area contributed by atoms with E-state index in [1.165, 1.54) is 0 Å². The molecular weight excluding hydrogens is 330 g/mol. The molecule has 1 heterocycles. The molecule has 0 aromatic heterocycles. The van der Waals surface area contributed by atoms with Gasteiger partial charge in [-0.3, -0.25) is 9.59 Å². The molecule has 1 aliphatic rings. The smallest absolute Gasteiger partial charge is 0.251 e. The SMILES string of the molecule is CNCC1CCCN(C(=O)C(NC(=O)c2ccc(OC)cc2)C(C)C)C1. The lowest BCUT2D eigenvalue weighted by atomic mass is 9.95. The predicted molar refractivity (Wildman–Crippen MR) is 102 cm³/mol. The molecule has 2 rings (SSSR count). The number of likely N-dealkylation sites (tertiary alicyclic amines) is 1. The lowest BCUT2D eigenvalue weighted by Gasteiger charge is -2.36. The van der Waals surface area contributed by atoms with Gasteiger partial charge in [0.2, 0.25) is 5.91 Å². The summed E-state index contributed by atoms with van der Waals surface area (Å²) in [5.41, 5.74) is 0.524. The fourth-order valence-corrected chi connectivity index (χ4v) is 3.40. The van der Waals surface area contributed by atoms with Crippen LogP contribution in [0.1, 0.15) is 37.0 Å². The van der Waals surface area contributed by atoms with Crippen LogP contribution in [0.4, 0.5) is 0 Å². The van der Waals surface area contributed by atoms with Crippen molar-refractivity contribution in [2.75, 3.05) is 33.8 Å². The highest BCUT2D eigenvalue weighted by molar-refractivity contribution is 5.97. The van der Waals surface area contributed by atoms with Gasteiger partial charge in [-0.25, -0.2) is 0 Å². The summed E-state index contributed by atoms with van der Waals surface area (Å²) < 4.78 is 5.12. The van der Waals surface area contributed by atoms with E-state index in [-0.39, 0.29) is 17.7 Å². The first kappa shape index (κ1) is 20.2. The van der Waals surface area contributed by atoms with Crippen molar-refractivity contribution in [1.82, 2.24) is 15.5 Å². The summed E-state index contributed by atoms with van der Waals surface area (Å²) in [7, 11) is 3.52. The second-order valence-corrected chi connectivity index (χ2v) is 7.27. The van der Waals surface area contributed by atoms with Crippen LogP contribution in [-0.2, 0) is 4.79 Å². The molecule has 2 amide bonds. The molecule has 1 saturated heterocycles. The van der Waals surface area contributed by atoms with Gasteiger partial charge in [0.15, 0.2) is 0 Å². The number of rotatable bonds is 7. The molecule has 2 atom stereocenters. The van der Waals surface area contributed by atoms with E-state index in [0.717, 1.165) is 32.5 Å². The first-order chi connectivity index (χ1) is 12.5. The van der Waals surface area contributed by atoms with E-state index in [1.54, 1.807) is 31.4 Å². The highest BCUT2D eigenvalue weighted by Crippen LogP contribution is 2.19. The van der Waals surface area contributed by atoms with Gasteiger partial charge in [0.25, 0.3) is 5.91 Å². The van der Waals surface area contributed by atoms with Crippen molar-refractivity contribution in [2.45, 2.75) is 32.7 Å². The third-order valence-electron chi connectivity index (χ3n) is 4.89. The Morgan fingerprint density at radius 1 is 1.27 bits per heavy atom. The van der Waals surface area contributed by atoms with Gasteiger partial charge in [-0.05, 0) is 62.5 Å². The van der Waals surface area contributed by atoms with Crippen molar-refractivity contribution in [1.29, 1.82) is 0 Å². The number of nitrogens with zero attached hydrogens (tertiary/aromatic N) is 1. The zero-order chi connectivity index (χ0) is 19.1. The number of ether oxygens (including phenoxy) is 1.